The van der Waals surface area contributed by atoms with Crippen molar-refractivity contribution in [2.24, 2.45) is 5.92 Å². The molecule has 0 radical (unpaired) electrons. The highest BCUT2D eigenvalue weighted by atomic mass is 16.5. The number of piperazine rings is 1. The van der Waals surface area contributed by atoms with Crippen LogP contribution in [0.3, 0.4) is 0 Å². The zero-order valence-corrected chi connectivity index (χ0v) is 15.6. The molecule has 0 N–H and O–H groups in total. The van der Waals surface area contributed by atoms with Gasteiger partial charge in [0.15, 0.2) is 0 Å². The molecule has 130 valence electrons. The molecule has 1 saturated carbocycles. The van der Waals surface area contributed by atoms with Crippen molar-refractivity contribution < 1.29 is 4.74 Å². The molecule has 1 aliphatic heterocycles. The fourth-order valence-corrected chi connectivity index (χ4v) is 4.07. The van der Waals surface area contributed by atoms with E-state index in [1.807, 2.05) is 0 Å². The molecule has 0 bridgehead atoms. The van der Waals surface area contributed by atoms with E-state index in [0.717, 1.165) is 5.92 Å². The maximum absolute atomic E-state index is 5.98. The Kier molecular flexibility index (Phi) is 6.73. The summed E-state index contributed by atoms with van der Waals surface area (Å²) in [4.78, 5) is 5.16. The Morgan fingerprint density at radius 3 is 2.14 bits per heavy atom. The summed E-state index contributed by atoms with van der Waals surface area (Å²) in [5.41, 5.74) is 0.368. The number of hydrogen-bond acceptors (Lipinski definition) is 3. The van der Waals surface area contributed by atoms with Crippen LogP contribution < -0.4 is 0 Å². The highest BCUT2D eigenvalue weighted by molar-refractivity contribution is 4.86. The molecule has 0 aromatic carbocycles. The van der Waals surface area contributed by atoms with Gasteiger partial charge in [-0.3, -0.25) is 4.90 Å². The monoisotopic (exact) mass is 310 g/mol. The standard InChI is InChI=1S/C19H38N2O/c1-16(2)22-18-8-6-17(7-9-18)10-11-19(3,4)21-14-12-20(5)13-15-21/h16-18H,6-15H2,1-5H3/t17-,18-. The first-order chi connectivity index (χ1) is 10.4. The smallest absolute Gasteiger partial charge is 0.0578 e. The van der Waals surface area contributed by atoms with Crippen LogP contribution in [0.15, 0.2) is 0 Å². The van der Waals surface area contributed by atoms with Gasteiger partial charge in [-0.05, 0) is 79.2 Å². The molecule has 0 unspecified atom stereocenters. The average Bonchev–Trinajstić information content (AvgIpc) is 2.46. The molecule has 2 rings (SSSR count). The summed E-state index contributed by atoms with van der Waals surface area (Å²) in [6.45, 7) is 14.1. The summed E-state index contributed by atoms with van der Waals surface area (Å²) >= 11 is 0. The van der Waals surface area contributed by atoms with E-state index >= 15 is 0 Å². The van der Waals surface area contributed by atoms with Crippen molar-refractivity contribution in [2.75, 3.05) is 33.2 Å². The van der Waals surface area contributed by atoms with E-state index in [4.69, 9.17) is 4.74 Å². The number of ether oxygens (including phenoxy) is 1. The van der Waals surface area contributed by atoms with Crippen LogP contribution >= 0.6 is 0 Å². The Labute approximate surface area is 138 Å². The third kappa shape index (κ3) is 5.50. The first-order valence-corrected chi connectivity index (χ1v) is 9.46. The van der Waals surface area contributed by atoms with Crippen molar-refractivity contribution in [2.45, 2.75) is 84.0 Å². The van der Waals surface area contributed by atoms with Crippen molar-refractivity contribution in [1.29, 1.82) is 0 Å². The number of likely N-dealkylation sites (N-methyl/N-ethyl adjacent to an activating group) is 1. The lowest BCUT2D eigenvalue weighted by Crippen LogP contribution is -2.53. The normalized spacial score (nSPS) is 29.2. The van der Waals surface area contributed by atoms with E-state index in [-0.39, 0.29) is 0 Å². The van der Waals surface area contributed by atoms with Crippen molar-refractivity contribution in [3.05, 3.63) is 0 Å². The lowest BCUT2D eigenvalue weighted by molar-refractivity contribution is -0.0219. The second-order valence-corrected chi connectivity index (χ2v) is 8.47. The van der Waals surface area contributed by atoms with Gasteiger partial charge in [0.2, 0.25) is 0 Å². The van der Waals surface area contributed by atoms with E-state index in [9.17, 15) is 0 Å². The van der Waals surface area contributed by atoms with Gasteiger partial charge in [-0.25, -0.2) is 0 Å². The van der Waals surface area contributed by atoms with Crippen LogP contribution in [-0.2, 0) is 4.74 Å². The molecule has 1 aliphatic carbocycles. The first-order valence-electron chi connectivity index (χ1n) is 9.46. The molecule has 1 heterocycles. The lowest BCUT2D eigenvalue weighted by Gasteiger charge is -2.44. The zero-order valence-electron chi connectivity index (χ0n) is 15.6. The van der Waals surface area contributed by atoms with Crippen LogP contribution in [-0.4, -0.2) is 60.8 Å². The molecule has 2 fully saturated rings. The minimum absolute atomic E-state index is 0.368. The topological polar surface area (TPSA) is 15.7 Å². The summed E-state index contributed by atoms with van der Waals surface area (Å²) in [5.74, 6) is 0.929. The Balaban J connectivity index is 1.69. The van der Waals surface area contributed by atoms with Crippen LogP contribution in [0.4, 0.5) is 0 Å². The van der Waals surface area contributed by atoms with Crippen LogP contribution in [0.1, 0.15) is 66.2 Å². The van der Waals surface area contributed by atoms with E-state index in [1.165, 1.54) is 64.7 Å². The summed E-state index contributed by atoms with van der Waals surface area (Å²) < 4.78 is 5.98. The van der Waals surface area contributed by atoms with Crippen molar-refractivity contribution in [1.82, 2.24) is 9.80 Å². The largest absolute Gasteiger partial charge is 0.376 e. The Morgan fingerprint density at radius 2 is 1.59 bits per heavy atom. The number of nitrogens with zero attached hydrogens (tertiary/aromatic N) is 2. The van der Waals surface area contributed by atoms with Crippen molar-refractivity contribution in [3.63, 3.8) is 0 Å². The van der Waals surface area contributed by atoms with E-state index in [1.54, 1.807) is 0 Å². The van der Waals surface area contributed by atoms with Gasteiger partial charge >= 0.3 is 0 Å². The van der Waals surface area contributed by atoms with Crippen molar-refractivity contribution in [3.8, 4) is 0 Å². The molecule has 3 heteroatoms. The average molecular weight is 311 g/mol. The summed E-state index contributed by atoms with van der Waals surface area (Å²) in [6, 6.07) is 0. The minimum atomic E-state index is 0.368. The summed E-state index contributed by atoms with van der Waals surface area (Å²) in [7, 11) is 2.24. The minimum Gasteiger partial charge on any atom is -0.376 e. The molecular weight excluding hydrogens is 272 g/mol. The molecular formula is C19H38N2O. The molecule has 0 amide bonds. The maximum atomic E-state index is 5.98. The van der Waals surface area contributed by atoms with Gasteiger partial charge in [-0.15, -0.1) is 0 Å². The van der Waals surface area contributed by atoms with E-state index < -0.39 is 0 Å². The fraction of sp³-hybridized carbons (Fsp3) is 1.00. The van der Waals surface area contributed by atoms with Gasteiger partial charge in [-0.2, -0.15) is 0 Å². The van der Waals surface area contributed by atoms with Gasteiger partial charge in [0.25, 0.3) is 0 Å². The molecule has 0 spiro atoms. The van der Waals surface area contributed by atoms with Gasteiger partial charge in [0.05, 0.1) is 12.2 Å². The Bertz CT molecular complexity index is 313. The zero-order chi connectivity index (χ0) is 16.2. The van der Waals surface area contributed by atoms with Gasteiger partial charge in [0.1, 0.15) is 0 Å². The summed E-state index contributed by atoms with van der Waals surface area (Å²) in [5, 5.41) is 0. The SMILES string of the molecule is CC(C)O[C@H]1CC[C@H](CCC(C)(C)N2CCN(C)CC2)CC1. The van der Waals surface area contributed by atoms with Gasteiger partial charge in [0, 0.05) is 31.7 Å². The quantitative estimate of drug-likeness (QED) is 0.742. The number of hydrogen-bond donors (Lipinski definition) is 0. The van der Waals surface area contributed by atoms with Crippen LogP contribution in [0, 0.1) is 5.92 Å². The third-order valence-electron chi connectivity index (χ3n) is 5.78. The maximum Gasteiger partial charge on any atom is 0.0578 e. The fourth-order valence-electron chi connectivity index (χ4n) is 4.07. The van der Waals surface area contributed by atoms with Crippen LogP contribution in [0.2, 0.25) is 0 Å². The van der Waals surface area contributed by atoms with Gasteiger partial charge < -0.3 is 9.64 Å². The molecule has 3 nitrogen and oxygen atoms in total. The molecule has 0 aromatic rings. The molecule has 1 saturated heterocycles. The predicted molar refractivity (Wildman–Crippen MR) is 94.4 cm³/mol. The Hall–Kier alpha value is -0.120. The highest BCUT2D eigenvalue weighted by Gasteiger charge is 2.30. The van der Waals surface area contributed by atoms with E-state index in [0.29, 0.717) is 17.7 Å². The van der Waals surface area contributed by atoms with Gasteiger partial charge in [-0.1, -0.05) is 0 Å². The van der Waals surface area contributed by atoms with E-state index in [2.05, 4.69) is 44.5 Å². The third-order valence-corrected chi connectivity index (χ3v) is 5.78. The second kappa shape index (κ2) is 8.12. The number of rotatable bonds is 6. The highest BCUT2D eigenvalue weighted by Crippen LogP contribution is 2.33. The first kappa shape index (κ1) is 18.2. The van der Waals surface area contributed by atoms with Crippen molar-refractivity contribution >= 4 is 0 Å². The predicted octanol–water partition coefficient (Wildman–Crippen LogP) is 3.78. The van der Waals surface area contributed by atoms with Crippen LogP contribution in [0.25, 0.3) is 0 Å². The molecule has 22 heavy (non-hydrogen) atoms. The molecule has 2 aliphatic rings. The lowest BCUT2D eigenvalue weighted by atomic mass is 9.81. The van der Waals surface area contributed by atoms with Crippen LogP contribution in [0.5, 0.6) is 0 Å². The second-order valence-electron chi connectivity index (χ2n) is 8.47. The Morgan fingerprint density at radius 1 is 1.00 bits per heavy atom. The molecule has 0 aromatic heterocycles. The molecule has 0 atom stereocenters. The summed E-state index contributed by atoms with van der Waals surface area (Å²) in [6.07, 6.45) is 8.95.